The number of hydrogen-bond donors (Lipinski definition) is 0. The molecular formula is C14H25NSi2. The lowest BCUT2D eigenvalue weighted by molar-refractivity contribution is 0.766. The molecule has 1 nitrogen and oxygen atoms in total. The van der Waals surface area contributed by atoms with Crippen LogP contribution in [0.5, 0.6) is 0 Å². The van der Waals surface area contributed by atoms with Crippen molar-refractivity contribution in [2.75, 3.05) is 7.05 Å². The summed E-state index contributed by atoms with van der Waals surface area (Å²) in [4.78, 5) is 0. The molecule has 0 saturated carbocycles. The summed E-state index contributed by atoms with van der Waals surface area (Å²) >= 11 is 0. The fourth-order valence-electron chi connectivity index (χ4n) is 1.84. The van der Waals surface area contributed by atoms with Crippen LogP contribution in [-0.4, -0.2) is 27.7 Å². The van der Waals surface area contributed by atoms with Crippen LogP contribution in [0.25, 0.3) is 6.08 Å². The van der Waals surface area contributed by atoms with Gasteiger partial charge in [-0.2, -0.15) is 0 Å². The Kier molecular flexibility index (Phi) is 4.52. The van der Waals surface area contributed by atoms with Crippen molar-refractivity contribution in [1.82, 2.24) is 4.23 Å². The molecule has 0 fully saturated rings. The highest BCUT2D eigenvalue weighted by Crippen LogP contribution is 2.19. The van der Waals surface area contributed by atoms with Crippen molar-refractivity contribution in [3.63, 3.8) is 0 Å². The summed E-state index contributed by atoms with van der Waals surface area (Å²) in [6.07, 6.45) is 2.28. The topological polar surface area (TPSA) is 3.24 Å². The van der Waals surface area contributed by atoms with Crippen LogP contribution in [-0.2, 0) is 0 Å². The predicted octanol–water partition coefficient (Wildman–Crippen LogP) is 4.21. The van der Waals surface area contributed by atoms with Gasteiger partial charge in [0.15, 0.2) is 0 Å². The van der Waals surface area contributed by atoms with Crippen molar-refractivity contribution in [2.45, 2.75) is 32.7 Å². The Morgan fingerprint density at radius 3 is 1.94 bits per heavy atom. The molecule has 0 aliphatic rings. The van der Waals surface area contributed by atoms with Crippen molar-refractivity contribution in [1.29, 1.82) is 0 Å². The fraction of sp³-hybridized carbons (Fsp3) is 0.429. The SMILES string of the molecule is CN([Si](C)(C)C)[Si](C)(C)C=Cc1ccccc1. The van der Waals surface area contributed by atoms with Crippen LogP contribution >= 0.6 is 0 Å². The van der Waals surface area contributed by atoms with Crippen molar-refractivity contribution in [3.05, 3.63) is 41.6 Å². The third-order valence-electron chi connectivity index (χ3n) is 3.35. The standard InChI is InChI=1S/C14H25NSi2/c1-15(16(2,3)4)17(5,6)13-12-14-10-8-7-9-11-14/h7-13H,1-6H3. The van der Waals surface area contributed by atoms with Crippen molar-refractivity contribution in [2.24, 2.45) is 0 Å². The highest BCUT2D eigenvalue weighted by Gasteiger charge is 2.32. The summed E-state index contributed by atoms with van der Waals surface area (Å²) in [7, 11) is -0.301. The van der Waals surface area contributed by atoms with E-state index < -0.39 is 16.5 Å². The second kappa shape index (κ2) is 5.33. The minimum atomic E-state index is -1.41. The summed E-state index contributed by atoms with van der Waals surface area (Å²) in [6, 6.07) is 10.6. The fourth-order valence-corrected chi connectivity index (χ4v) is 9.80. The molecule has 0 spiro atoms. The maximum Gasteiger partial charge on any atom is 0.140 e. The van der Waals surface area contributed by atoms with Gasteiger partial charge in [0.05, 0.1) is 0 Å². The molecule has 0 aliphatic carbocycles. The molecule has 0 bridgehead atoms. The van der Waals surface area contributed by atoms with Crippen molar-refractivity contribution >= 4 is 22.5 Å². The zero-order valence-corrected chi connectivity index (χ0v) is 14.0. The molecule has 0 unspecified atom stereocenters. The van der Waals surface area contributed by atoms with E-state index in [1.54, 1.807) is 0 Å². The molecule has 0 atom stereocenters. The molecule has 94 valence electrons. The summed E-state index contributed by atoms with van der Waals surface area (Å²) in [5.41, 5.74) is 3.75. The minimum Gasteiger partial charge on any atom is -0.345 e. The van der Waals surface area contributed by atoms with Gasteiger partial charge in [0.2, 0.25) is 0 Å². The minimum absolute atomic E-state index is 1.19. The Bertz CT molecular complexity index is 377. The molecule has 0 amide bonds. The first-order chi connectivity index (χ1) is 7.73. The maximum atomic E-state index is 2.67. The smallest absolute Gasteiger partial charge is 0.140 e. The Hall–Kier alpha value is -0.646. The lowest BCUT2D eigenvalue weighted by Crippen LogP contribution is -2.57. The Labute approximate surface area is 108 Å². The van der Waals surface area contributed by atoms with E-state index in [1.807, 2.05) is 0 Å². The summed E-state index contributed by atoms with van der Waals surface area (Å²) in [5.74, 6) is 0. The monoisotopic (exact) mass is 263 g/mol. The molecule has 0 aliphatic heterocycles. The molecule has 0 saturated heterocycles. The van der Waals surface area contributed by atoms with Crippen molar-refractivity contribution in [3.8, 4) is 0 Å². The van der Waals surface area contributed by atoms with Gasteiger partial charge in [-0.3, -0.25) is 0 Å². The summed E-state index contributed by atoms with van der Waals surface area (Å²) < 4.78 is 2.67. The van der Waals surface area contributed by atoms with Gasteiger partial charge >= 0.3 is 0 Å². The Balaban J connectivity index is 2.83. The van der Waals surface area contributed by atoms with Gasteiger partial charge in [-0.15, -0.1) is 0 Å². The average Bonchev–Trinajstić information content (AvgIpc) is 2.26. The first-order valence-corrected chi connectivity index (χ1v) is 12.7. The van der Waals surface area contributed by atoms with Crippen LogP contribution in [0, 0.1) is 0 Å². The number of hydrogen-bond acceptors (Lipinski definition) is 1. The van der Waals surface area contributed by atoms with E-state index in [4.69, 9.17) is 0 Å². The van der Waals surface area contributed by atoms with E-state index in [-0.39, 0.29) is 0 Å². The number of rotatable bonds is 4. The first-order valence-electron chi connectivity index (χ1n) is 6.22. The van der Waals surface area contributed by atoms with E-state index in [0.29, 0.717) is 0 Å². The second-order valence-electron chi connectivity index (χ2n) is 6.13. The largest absolute Gasteiger partial charge is 0.345 e. The molecule has 1 aromatic carbocycles. The summed E-state index contributed by atoms with van der Waals surface area (Å²) in [6.45, 7) is 12.1. The molecule has 3 heteroatoms. The van der Waals surface area contributed by atoms with Crippen LogP contribution < -0.4 is 0 Å². The van der Waals surface area contributed by atoms with E-state index in [1.165, 1.54) is 5.56 Å². The number of benzene rings is 1. The normalized spacial score (nSPS) is 13.6. The van der Waals surface area contributed by atoms with Crippen LogP contribution in [0.1, 0.15) is 5.56 Å². The first kappa shape index (κ1) is 14.4. The molecule has 1 rings (SSSR count). The van der Waals surface area contributed by atoms with E-state index in [2.05, 4.69) is 86.1 Å². The van der Waals surface area contributed by atoms with Gasteiger partial charge in [0.25, 0.3) is 0 Å². The number of nitrogens with zero attached hydrogens (tertiary/aromatic N) is 1. The van der Waals surface area contributed by atoms with Gasteiger partial charge in [-0.25, -0.2) is 0 Å². The van der Waals surface area contributed by atoms with Crippen LogP contribution in [0.3, 0.4) is 0 Å². The lowest BCUT2D eigenvalue weighted by Gasteiger charge is -2.40. The molecule has 0 N–H and O–H groups in total. The predicted molar refractivity (Wildman–Crippen MR) is 84.1 cm³/mol. The van der Waals surface area contributed by atoms with Gasteiger partial charge in [0.1, 0.15) is 16.5 Å². The summed E-state index contributed by atoms with van der Waals surface area (Å²) in [5, 5.41) is 0. The molecule has 1 aromatic rings. The van der Waals surface area contributed by atoms with E-state index in [0.717, 1.165) is 0 Å². The maximum absolute atomic E-state index is 2.67. The third kappa shape index (κ3) is 4.26. The molecule has 17 heavy (non-hydrogen) atoms. The van der Waals surface area contributed by atoms with Crippen molar-refractivity contribution < 1.29 is 0 Å². The van der Waals surface area contributed by atoms with Crippen LogP contribution in [0.4, 0.5) is 0 Å². The molecular weight excluding hydrogens is 238 g/mol. The van der Waals surface area contributed by atoms with Crippen LogP contribution in [0.2, 0.25) is 32.7 Å². The van der Waals surface area contributed by atoms with E-state index in [9.17, 15) is 0 Å². The molecule has 0 radical (unpaired) electrons. The average molecular weight is 264 g/mol. The Morgan fingerprint density at radius 2 is 1.47 bits per heavy atom. The quantitative estimate of drug-likeness (QED) is 0.736. The lowest BCUT2D eigenvalue weighted by atomic mass is 10.2. The zero-order valence-electron chi connectivity index (χ0n) is 12.0. The zero-order chi connectivity index (χ0) is 13.1. The van der Waals surface area contributed by atoms with Gasteiger partial charge < -0.3 is 4.23 Å². The highest BCUT2D eigenvalue weighted by atomic mass is 28.4. The van der Waals surface area contributed by atoms with E-state index >= 15 is 0 Å². The van der Waals surface area contributed by atoms with Gasteiger partial charge in [0, 0.05) is 0 Å². The highest BCUT2D eigenvalue weighted by molar-refractivity contribution is 6.92. The van der Waals surface area contributed by atoms with Gasteiger partial charge in [-0.05, 0) is 12.6 Å². The third-order valence-corrected chi connectivity index (χ3v) is 11.8. The molecule has 0 aromatic heterocycles. The molecule has 0 heterocycles. The Morgan fingerprint density at radius 1 is 0.941 bits per heavy atom. The van der Waals surface area contributed by atoms with Crippen LogP contribution in [0.15, 0.2) is 36.0 Å². The second-order valence-corrected chi connectivity index (χ2v) is 15.9. The van der Waals surface area contributed by atoms with Gasteiger partial charge in [-0.1, -0.05) is 74.8 Å².